The summed E-state index contributed by atoms with van der Waals surface area (Å²) < 4.78 is 7.68. The molecular weight excluding hydrogens is 226 g/mol. The fourth-order valence-electron chi connectivity index (χ4n) is 1.88. The molecule has 0 aliphatic carbocycles. The van der Waals surface area contributed by atoms with E-state index < -0.39 is 0 Å². The molecule has 4 nitrogen and oxygen atoms in total. The van der Waals surface area contributed by atoms with E-state index in [0.717, 1.165) is 22.7 Å². The lowest BCUT2D eigenvalue weighted by atomic mass is 10.1. The zero-order chi connectivity index (χ0) is 13.3. The average molecular weight is 241 g/mol. The summed E-state index contributed by atoms with van der Waals surface area (Å²) >= 11 is 0. The van der Waals surface area contributed by atoms with Gasteiger partial charge in [0.25, 0.3) is 0 Å². The Kier molecular flexibility index (Phi) is 3.07. The van der Waals surface area contributed by atoms with Crippen molar-refractivity contribution in [2.24, 2.45) is 7.05 Å². The lowest BCUT2D eigenvalue weighted by Crippen LogP contribution is -1.95. The van der Waals surface area contributed by atoms with Crippen molar-refractivity contribution in [2.75, 3.05) is 0 Å². The minimum atomic E-state index is 0.539. The molecule has 0 unspecified atom stereocenters. The van der Waals surface area contributed by atoms with E-state index in [4.69, 9.17) is 10.00 Å². The summed E-state index contributed by atoms with van der Waals surface area (Å²) in [6.45, 7) is 5.77. The van der Waals surface area contributed by atoms with Crippen LogP contribution in [0.15, 0.2) is 18.2 Å². The summed E-state index contributed by atoms with van der Waals surface area (Å²) in [5, 5.41) is 13.4. The highest BCUT2D eigenvalue weighted by Gasteiger charge is 2.15. The Morgan fingerprint density at radius 2 is 1.94 bits per heavy atom. The third kappa shape index (κ3) is 1.95. The van der Waals surface area contributed by atoms with E-state index in [1.54, 1.807) is 10.7 Å². The van der Waals surface area contributed by atoms with Crippen LogP contribution >= 0.6 is 0 Å². The van der Waals surface area contributed by atoms with E-state index in [2.05, 4.69) is 11.2 Å². The van der Waals surface area contributed by atoms with E-state index in [9.17, 15) is 0 Å². The number of hydrogen-bond acceptors (Lipinski definition) is 3. The third-order valence-corrected chi connectivity index (χ3v) is 2.98. The lowest BCUT2D eigenvalue weighted by molar-refractivity contribution is 0.469. The molecule has 0 aliphatic heterocycles. The standard InChI is InChI=1S/C14H15N3O/c1-9-6-5-7-12(8-15)13(9)18-14-10(2)16-17(4)11(14)3/h5-7H,1-4H3. The van der Waals surface area contributed by atoms with Crippen LogP contribution in [0, 0.1) is 32.1 Å². The third-order valence-electron chi connectivity index (χ3n) is 2.98. The number of rotatable bonds is 2. The molecule has 0 bridgehead atoms. The second-order valence-electron chi connectivity index (χ2n) is 4.29. The summed E-state index contributed by atoms with van der Waals surface area (Å²) in [5.74, 6) is 1.34. The molecule has 0 N–H and O–H groups in total. The maximum absolute atomic E-state index is 9.11. The highest BCUT2D eigenvalue weighted by molar-refractivity contribution is 5.51. The largest absolute Gasteiger partial charge is 0.452 e. The highest BCUT2D eigenvalue weighted by atomic mass is 16.5. The normalized spacial score (nSPS) is 10.2. The second kappa shape index (κ2) is 4.53. The summed E-state index contributed by atoms with van der Waals surface area (Å²) in [6, 6.07) is 7.68. The van der Waals surface area contributed by atoms with Gasteiger partial charge in [-0.05, 0) is 32.4 Å². The van der Waals surface area contributed by atoms with E-state index in [0.29, 0.717) is 11.3 Å². The van der Waals surface area contributed by atoms with Crippen LogP contribution in [0.5, 0.6) is 11.5 Å². The van der Waals surface area contributed by atoms with Gasteiger partial charge in [0.15, 0.2) is 5.75 Å². The minimum Gasteiger partial charge on any atom is -0.452 e. The Hall–Kier alpha value is -2.28. The minimum absolute atomic E-state index is 0.539. The van der Waals surface area contributed by atoms with Crippen molar-refractivity contribution in [3.05, 3.63) is 40.7 Å². The number of benzene rings is 1. The van der Waals surface area contributed by atoms with Crippen LogP contribution < -0.4 is 4.74 Å². The van der Waals surface area contributed by atoms with Gasteiger partial charge in [0.05, 0.1) is 11.3 Å². The maximum Gasteiger partial charge on any atom is 0.171 e. The van der Waals surface area contributed by atoms with Crippen LogP contribution in [-0.4, -0.2) is 9.78 Å². The Bertz CT molecular complexity index is 635. The number of ether oxygens (including phenoxy) is 1. The first-order valence-corrected chi connectivity index (χ1v) is 5.72. The molecule has 1 aromatic carbocycles. The number of aryl methyl sites for hydroxylation is 3. The number of para-hydroxylation sites is 1. The molecule has 2 aromatic rings. The van der Waals surface area contributed by atoms with Gasteiger partial charge in [-0.3, -0.25) is 4.68 Å². The molecule has 0 amide bonds. The SMILES string of the molecule is Cc1cccc(C#N)c1Oc1c(C)nn(C)c1C. The summed E-state index contributed by atoms with van der Waals surface area (Å²) in [4.78, 5) is 0. The molecule has 4 heteroatoms. The molecular formula is C14H15N3O. The van der Waals surface area contributed by atoms with Crippen LogP contribution in [0.4, 0.5) is 0 Å². The molecule has 0 saturated carbocycles. The topological polar surface area (TPSA) is 50.8 Å². The predicted molar refractivity (Wildman–Crippen MR) is 68.7 cm³/mol. The number of nitrogens with zero attached hydrogens (tertiary/aromatic N) is 3. The van der Waals surface area contributed by atoms with Gasteiger partial charge in [0, 0.05) is 7.05 Å². The van der Waals surface area contributed by atoms with Crippen LogP contribution in [0.1, 0.15) is 22.5 Å². The second-order valence-corrected chi connectivity index (χ2v) is 4.29. The van der Waals surface area contributed by atoms with Crippen molar-refractivity contribution in [1.82, 2.24) is 9.78 Å². The molecule has 0 saturated heterocycles. The Labute approximate surface area is 106 Å². The molecule has 1 aromatic heterocycles. The Balaban J connectivity index is 2.50. The molecule has 0 radical (unpaired) electrons. The van der Waals surface area contributed by atoms with Crippen molar-refractivity contribution >= 4 is 0 Å². The molecule has 0 aliphatic rings. The molecule has 0 atom stereocenters. The molecule has 2 rings (SSSR count). The van der Waals surface area contributed by atoms with Crippen LogP contribution in [0.2, 0.25) is 0 Å². The van der Waals surface area contributed by atoms with Crippen molar-refractivity contribution in [1.29, 1.82) is 5.26 Å². The smallest absolute Gasteiger partial charge is 0.171 e. The molecule has 0 fully saturated rings. The molecule has 1 heterocycles. The lowest BCUT2D eigenvalue weighted by Gasteiger charge is -2.10. The quantitative estimate of drug-likeness (QED) is 0.812. The monoisotopic (exact) mass is 241 g/mol. The number of hydrogen-bond donors (Lipinski definition) is 0. The van der Waals surface area contributed by atoms with Gasteiger partial charge in [-0.1, -0.05) is 12.1 Å². The van der Waals surface area contributed by atoms with Crippen LogP contribution in [0.25, 0.3) is 0 Å². The summed E-state index contributed by atoms with van der Waals surface area (Å²) in [6.07, 6.45) is 0. The van der Waals surface area contributed by atoms with Crippen LogP contribution in [-0.2, 0) is 7.05 Å². The van der Waals surface area contributed by atoms with Crippen molar-refractivity contribution < 1.29 is 4.74 Å². The van der Waals surface area contributed by atoms with E-state index >= 15 is 0 Å². The number of nitriles is 1. The first-order chi connectivity index (χ1) is 8.54. The van der Waals surface area contributed by atoms with Crippen LogP contribution in [0.3, 0.4) is 0 Å². The van der Waals surface area contributed by atoms with Crippen molar-refractivity contribution in [2.45, 2.75) is 20.8 Å². The molecule has 18 heavy (non-hydrogen) atoms. The van der Waals surface area contributed by atoms with Gasteiger partial charge in [-0.25, -0.2) is 0 Å². The van der Waals surface area contributed by atoms with Gasteiger partial charge in [-0.15, -0.1) is 0 Å². The van der Waals surface area contributed by atoms with Gasteiger partial charge in [0.1, 0.15) is 17.5 Å². The van der Waals surface area contributed by atoms with E-state index in [1.165, 1.54) is 0 Å². The molecule has 92 valence electrons. The number of aromatic nitrogens is 2. The zero-order valence-corrected chi connectivity index (χ0v) is 11.0. The van der Waals surface area contributed by atoms with E-state index in [-0.39, 0.29) is 0 Å². The Morgan fingerprint density at radius 3 is 2.50 bits per heavy atom. The van der Waals surface area contributed by atoms with Gasteiger partial charge >= 0.3 is 0 Å². The van der Waals surface area contributed by atoms with Gasteiger partial charge in [-0.2, -0.15) is 10.4 Å². The highest BCUT2D eigenvalue weighted by Crippen LogP contribution is 2.32. The maximum atomic E-state index is 9.11. The summed E-state index contributed by atoms with van der Waals surface area (Å²) in [5.41, 5.74) is 3.25. The van der Waals surface area contributed by atoms with Gasteiger partial charge < -0.3 is 4.74 Å². The van der Waals surface area contributed by atoms with Crippen molar-refractivity contribution in [3.63, 3.8) is 0 Å². The first kappa shape index (κ1) is 12.2. The van der Waals surface area contributed by atoms with E-state index in [1.807, 2.05) is 40.0 Å². The fourth-order valence-corrected chi connectivity index (χ4v) is 1.88. The summed E-state index contributed by atoms with van der Waals surface area (Å²) in [7, 11) is 1.87. The first-order valence-electron chi connectivity index (χ1n) is 5.72. The fraction of sp³-hybridized carbons (Fsp3) is 0.286. The predicted octanol–water partition coefficient (Wildman–Crippen LogP) is 3.01. The Morgan fingerprint density at radius 1 is 1.22 bits per heavy atom. The van der Waals surface area contributed by atoms with Gasteiger partial charge in [0.2, 0.25) is 0 Å². The van der Waals surface area contributed by atoms with Crippen molar-refractivity contribution in [3.8, 4) is 17.6 Å². The molecule has 0 spiro atoms. The average Bonchev–Trinajstić information content (AvgIpc) is 2.58. The zero-order valence-electron chi connectivity index (χ0n) is 11.0.